The number of nitrogens with one attached hydrogen (secondary N) is 2. The summed E-state index contributed by atoms with van der Waals surface area (Å²) in [5.74, 6) is -2.17. The molecule has 3 rings (SSSR count). The zero-order valence-electron chi connectivity index (χ0n) is 20.5. The Morgan fingerprint density at radius 3 is 2.57 bits per heavy atom. The molecule has 13 heteroatoms. The van der Waals surface area contributed by atoms with Crippen molar-refractivity contribution >= 4 is 23.6 Å². The van der Waals surface area contributed by atoms with Crippen LogP contribution in [0.15, 0.2) is 29.2 Å². The molecule has 204 valence electrons. The van der Waals surface area contributed by atoms with Crippen molar-refractivity contribution in [1.29, 1.82) is 0 Å². The molecular formula is C24H35N5O8. The Bertz CT molecular complexity index is 1050. The number of carbonyl (C=O) groups excluding carboxylic acids is 2. The van der Waals surface area contributed by atoms with E-state index in [1.54, 1.807) is 0 Å². The van der Waals surface area contributed by atoms with E-state index < -0.39 is 60.6 Å². The molecule has 1 aliphatic heterocycles. The summed E-state index contributed by atoms with van der Waals surface area (Å²) in [6.45, 7) is 3.23. The Balaban J connectivity index is 1.51. The van der Waals surface area contributed by atoms with Crippen LogP contribution in [0.4, 0.5) is 5.82 Å². The van der Waals surface area contributed by atoms with Crippen LogP contribution in [0.3, 0.4) is 0 Å². The average molecular weight is 522 g/mol. The van der Waals surface area contributed by atoms with Gasteiger partial charge in [-0.1, -0.05) is 38.7 Å². The smallest absolute Gasteiger partial charge is 0.351 e. The fraction of sp³-hybridized carbons (Fsp3) is 0.625. The molecule has 7 N–H and O–H groups in total. The lowest BCUT2D eigenvalue weighted by atomic mass is 9.85. The number of rotatable bonds is 11. The van der Waals surface area contributed by atoms with Gasteiger partial charge in [0, 0.05) is 18.2 Å². The van der Waals surface area contributed by atoms with E-state index in [1.807, 2.05) is 0 Å². The summed E-state index contributed by atoms with van der Waals surface area (Å²) >= 11 is 0. The molecule has 1 unspecified atom stereocenters. The number of aliphatic hydroxyl groups excluding tert-OH is 2. The van der Waals surface area contributed by atoms with Crippen LogP contribution >= 0.6 is 0 Å². The van der Waals surface area contributed by atoms with Crippen molar-refractivity contribution in [2.24, 2.45) is 11.7 Å². The minimum Gasteiger partial charge on any atom is -0.480 e. The van der Waals surface area contributed by atoms with Crippen LogP contribution in [0.25, 0.3) is 0 Å². The van der Waals surface area contributed by atoms with Crippen LogP contribution in [0, 0.1) is 5.92 Å². The number of aliphatic carboxylic acids is 1. The zero-order valence-corrected chi connectivity index (χ0v) is 20.5. The Labute approximate surface area is 213 Å². The molecule has 1 aliphatic carbocycles. The highest BCUT2D eigenvalue weighted by molar-refractivity contribution is 5.91. The normalized spacial score (nSPS) is 23.9. The molecule has 1 saturated carbocycles. The molecule has 0 aromatic carbocycles. The highest BCUT2D eigenvalue weighted by atomic mass is 16.5. The van der Waals surface area contributed by atoms with Gasteiger partial charge >= 0.3 is 11.7 Å². The van der Waals surface area contributed by atoms with E-state index >= 15 is 0 Å². The predicted octanol–water partition coefficient (Wildman–Crippen LogP) is -0.364. The maximum Gasteiger partial charge on any atom is 0.351 e. The third kappa shape index (κ3) is 7.44. The number of carbonyl (C=O) groups is 3. The van der Waals surface area contributed by atoms with Crippen molar-refractivity contribution in [2.75, 3.05) is 11.9 Å². The number of carboxylic acid groups (broad SMARTS) is 1. The average Bonchev–Trinajstić information content (AvgIpc) is 3.15. The topological polar surface area (TPSA) is 206 Å². The minimum absolute atomic E-state index is 0.0699. The quantitative estimate of drug-likeness (QED) is 0.208. The summed E-state index contributed by atoms with van der Waals surface area (Å²) in [4.78, 5) is 52.6. The van der Waals surface area contributed by atoms with Gasteiger partial charge in [-0.15, -0.1) is 0 Å². The lowest BCUT2D eigenvalue weighted by molar-refractivity contribution is -0.142. The van der Waals surface area contributed by atoms with Gasteiger partial charge < -0.3 is 36.4 Å². The summed E-state index contributed by atoms with van der Waals surface area (Å²) in [7, 11) is 0. The second-order valence-corrected chi connectivity index (χ2v) is 9.56. The first kappa shape index (κ1) is 28.4. The third-order valence-electron chi connectivity index (χ3n) is 6.81. The zero-order chi connectivity index (χ0) is 27.1. The van der Waals surface area contributed by atoms with Gasteiger partial charge in [0.05, 0.1) is 12.6 Å². The molecule has 2 fully saturated rings. The van der Waals surface area contributed by atoms with Crippen LogP contribution < -0.4 is 22.1 Å². The van der Waals surface area contributed by atoms with Crippen molar-refractivity contribution in [2.45, 2.75) is 81.9 Å². The number of aliphatic hydroxyl groups is 2. The van der Waals surface area contributed by atoms with Crippen LogP contribution in [-0.4, -0.2) is 73.6 Å². The molecule has 0 bridgehead atoms. The Hall–Kier alpha value is -3.13. The number of amides is 2. The molecular weight excluding hydrogens is 486 g/mol. The Morgan fingerprint density at radius 2 is 1.97 bits per heavy atom. The van der Waals surface area contributed by atoms with Gasteiger partial charge in [-0.05, 0) is 24.8 Å². The van der Waals surface area contributed by atoms with E-state index in [0.717, 1.165) is 30.3 Å². The molecule has 2 heterocycles. The number of carboxylic acids is 1. The molecule has 5 atom stereocenters. The van der Waals surface area contributed by atoms with Crippen LogP contribution in [-0.2, 0) is 19.1 Å². The van der Waals surface area contributed by atoms with Gasteiger partial charge in [-0.2, -0.15) is 4.98 Å². The van der Waals surface area contributed by atoms with Crippen LogP contribution in [0.1, 0.15) is 57.6 Å². The van der Waals surface area contributed by atoms with E-state index in [0.29, 0.717) is 12.3 Å². The summed E-state index contributed by atoms with van der Waals surface area (Å²) in [5, 5.41) is 33.6. The predicted molar refractivity (Wildman–Crippen MR) is 131 cm³/mol. The van der Waals surface area contributed by atoms with Crippen LogP contribution in [0.2, 0.25) is 0 Å². The van der Waals surface area contributed by atoms with Gasteiger partial charge in [-0.3, -0.25) is 14.2 Å². The van der Waals surface area contributed by atoms with Gasteiger partial charge in [0.2, 0.25) is 11.8 Å². The van der Waals surface area contributed by atoms with E-state index in [-0.39, 0.29) is 24.2 Å². The van der Waals surface area contributed by atoms with Crippen molar-refractivity contribution in [3.8, 4) is 0 Å². The summed E-state index contributed by atoms with van der Waals surface area (Å²) in [5.41, 5.74) is 5.38. The fourth-order valence-electron chi connectivity index (χ4n) is 4.67. The molecule has 0 radical (unpaired) electrons. The summed E-state index contributed by atoms with van der Waals surface area (Å²) in [6, 6.07) is -0.786. The van der Waals surface area contributed by atoms with E-state index in [4.69, 9.17) is 10.5 Å². The molecule has 2 aliphatic rings. The largest absolute Gasteiger partial charge is 0.480 e. The number of ether oxygens (including phenoxy) is 1. The molecule has 1 aromatic heterocycles. The number of hydrogen-bond acceptors (Lipinski definition) is 9. The first-order chi connectivity index (χ1) is 17.6. The molecule has 1 aromatic rings. The molecule has 2 amide bonds. The van der Waals surface area contributed by atoms with Gasteiger partial charge in [0.25, 0.3) is 0 Å². The van der Waals surface area contributed by atoms with Gasteiger partial charge in [-0.25, -0.2) is 9.59 Å². The van der Waals surface area contributed by atoms with E-state index in [1.165, 1.54) is 18.7 Å². The van der Waals surface area contributed by atoms with Gasteiger partial charge in [0.15, 0.2) is 6.23 Å². The molecule has 1 saturated heterocycles. The Kier molecular flexibility index (Phi) is 9.92. The van der Waals surface area contributed by atoms with Crippen molar-refractivity contribution in [1.82, 2.24) is 14.9 Å². The molecule has 13 nitrogen and oxygen atoms in total. The van der Waals surface area contributed by atoms with Crippen molar-refractivity contribution in [3.63, 3.8) is 0 Å². The molecule has 0 spiro atoms. The summed E-state index contributed by atoms with van der Waals surface area (Å²) in [6.07, 6.45) is 3.65. The summed E-state index contributed by atoms with van der Waals surface area (Å²) < 4.78 is 6.50. The first-order valence-corrected chi connectivity index (χ1v) is 12.4. The van der Waals surface area contributed by atoms with E-state index in [2.05, 4.69) is 22.2 Å². The second kappa shape index (κ2) is 12.9. The Morgan fingerprint density at radius 1 is 1.27 bits per heavy atom. The van der Waals surface area contributed by atoms with E-state index in [9.17, 15) is 34.5 Å². The highest BCUT2D eigenvalue weighted by Gasteiger charge is 2.38. The molecule has 37 heavy (non-hydrogen) atoms. The number of hydrogen-bond donors (Lipinski definition) is 6. The third-order valence-corrected chi connectivity index (χ3v) is 6.81. The number of nitrogens with two attached hydrogens (primary N) is 1. The highest BCUT2D eigenvalue weighted by Crippen LogP contribution is 2.32. The fourth-order valence-corrected chi connectivity index (χ4v) is 4.67. The maximum absolute atomic E-state index is 12.4. The SMILES string of the molecule is C=C1[C@H](n2ccc(NC(=O)CCC(NC(=O)[C@@H](N)CC3CCCCC3)C(=O)O)nc2=O)O[C@H](CO)[C@H]1O. The minimum atomic E-state index is -1.30. The lowest BCUT2D eigenvalue weighted by Crippen LogP contribution is -2.49. The first-order valence-electron chi connectivity index (χ1n) is 12.4. The number of anilines is 1. The van der Waals surface area contributed by atoms with Crippen LogP contribution in [0.5, 0.6) is 0 Å². The number of nitrogens with zero attached hydrogens (tertiary/aromatic N) is 2. The monoisotopic (exact) mass is 521 g/mol. The van der Waals surface area contributed by atoms with Crippen molar-refractivity contribution in [3.05, 3.63) is 34.9 Å². The lowest BCUT2D eigenvalue weighted by Gasteiger charge is -2.25. The standard InChI is InChI=1S/C24H35N5O8/c1-13-20(32)17(12-30)37-22(13)29-10-9-18(28-24(29)36)27-19(31)8-7-16(23(34)35)26-21(33)15(25)11-14-5-3-2-4-6-14/h9-10,14-17,20,22,30,32H,1-8,11-12,25H2,(H,26,33)(H,34,35)(H,27,28,31,36)/t15-,16?,17+,20-,22+/m0/s1. The maximum atomic E-state index is 12.4. The number of aromatic nitrogens is 2. The second-order valence-electron chi connectivity index (χ2n) is 9.56. The van der Waals surface area contributed by atoms with Crippen molar-refractivity contribution < 1.29 is 34.4 Å². The van der Waals surface area contributed by atoms with Gasteiger partial charge in [0.1, 0.15) is 24.1 Å².